The third kappa shape index (κ3) is 4.50. The van der Waals surface area contributed by atoms with Crippen molar-refractivity contribution in [2.24, 2.45) is 5.92 Å². The first-order valence-corrected chi connectivity index (χ1v) is 8.18. The summed E-state index contributed by atoms with van der Waals surface area (Å²) in [6, 6.07) is 8.72. The minimum Gasteiger partial charge on any atom is -0.351 e. The molecule has 25 heavy (non-hydrogen) atoms. The van der Waals surface area contributed by atoms with Crippen molar-refractivity contribution in [3.63, 3.8) is 0 Å². The fourth-order valence-corrected chi connectivity index (χ4v) is 2.45. The van der Waals surface area contributed by atoms with Crippen LogP contribution in [0.3, 0.4) is 0 Å². The maximum Gasteiger partial charge on any atom is 0.251 e. The second-order valence-electron chi connectivity index (χ2n) is 5.93. The molecule has 8 nitrogen and oxygen atoms in total. The Hall–Kier alpha value is -3.03. The van der Waals surface area contributed by atoms with Crippen LogP contribution in [0.2, 0.25) is 0 Å². The van der Waals surface area contributed by atoms with E-state index in [1.54, 1.807) is 18.2 Å². The number of nitrogens with one attached hydrogen (secondary N) is 2. The highest BCUT2D eigenvalue weighted by Crippen LogP contribution is 2.39. The lowest BCUT2D eigenvalue weighted by molar-refractivity contribution is -0.121. The Balaban J connectivity index is 1.66. The van der Waals surface area contributed by atoms with Gasteiger partial charge in [0.1, 0.15) is 6.54 Å². The highest BCUT2D eigenvalue weighted by molar-refractivity contribution is 5.94. The summed E-state index contributed by atoms with van der Waals surface area (Å²) in [5.74, 6) is 0.348. The predicted octanol–water partition coefficient (Wildman–Crippen LogP) is 0.856. The molecule has 2 amide bonds. The molecular weight excluding hydrogens is 320 g/mol. The van der Waals surface area contributed by atoms with Gasteiger partial charge in [-0.2, -0.15) is 4.80 Å². The quantitative estimate of drug-likeness (QED) is 0.694. The molecule has 8 heteroatoms. The summed E-state index contributed by atoms with van der Waals surface area (Å²) in [5.41, 5.74) is 0.587. The maximum atomic E-state index is 12.4. The Labute approximate surface area is 145 Å². The van der Waals surface area contributed by atoms with Crippen LogP contribution < -0.4 is 10.6 Å². The summed E-state index contributed by atoms with van der Waals surface area (Å²) in [7, 11) is 0. The van der Waals surface area contributed by atoms with Gasteiger partial charge in [0.25, 0.3) is 5.91 Å². The highest BCUT2D eigenvalue weighted by atomic mass is 16.2. The molecule has 1 atom stereocenters. The highest BCUT2D eigenvalue weighted by Gasteiger charge is 2.36. The molecule has 1 saturated carbocycles. The van der Waals surface area contributed by atoms with Gasteiger partial charge in [-0.1, -0.05) is 24.3 Å². The number of carbonyl (C=O) groups excluding carboxylic acids is 2. The molecule has 1 aliphatic carbocycles. The molecule has 0 radical (unpaired) electrons. The van der Waals surface area contributed by atoms with Gasteiger partial charge in [-0.25, -0.2) is 0 Å². The van der Waals surface area contributed by atoms with E-state index >= 15 is 0 Å². The van der Waals surface area contributed by atoms with E-state index in [0.29, 0.717) is 23.9 Å². The number of carbonyl (C=O) groups is 2. The fraction of sp³-hybridized carbons (Fsp3) is 0.353. The minimum absolute atomic E-state index is 0.0230. The molecule has 1 aliphatic rings. The SMILES string of the molecule is C=CCNC(=O)Cn1nnc([C@@H](NC(=O)c2ccccc2)C2CC2)n1. The van der Waals surface area contributed by atoms with E-state index in [2.05, 4.69) is 32.6 Å². The second-order valence-corrected chi connectivity index (χ2v) is 5.93. The summed E-state index contributed by atoms with van der Waals surface area (Å²) in [5, 5.41) is 17.8. The lowest BCUT2D eigenvalue weighted by Gasteiger charge is -2.14. The number of aromatic nitrogens is 4. The van der Waals surface area contributed by atoms with Gasteiger partial charge in [-0.05, 0) is 36.1 Å². The van der Waals surface area contributed by atoms with Crippen molar-refractivity contribution < 1.29 is 9.59 Å². The van der Waals surface area contributed by atoms with Crippen molar-refractivity contribution in [3.8, 4) is 0 Å². The first-order valence-electron chi connectivity index (χ1n) is 8.18. The van der Waals surface area contributed by atoms with Gasteiger partial charge in [0.2, 0.25) is 5.91 Å². The average Bonchev–Trinajstić information content (AvgIpc) is 3.37. The molecular formula is C17H20N6O2. The van der Waals surface area contributed by atoms with Gasteiger partial charge in [0.15, 0.2) is 5.82 Å². The van der Waals surface area contributed by atoms with E-state index < -0.39 is 0 Å². The first-order chi connectivity index (χ1) is 12.2. The monoisotopic (exact) mass is 340 g/mol. The topological polar surface area (TPSA) is 102 Å². The normalized spacial score (nSPS) is 14.6. The van der Waals surface area contributed by atoms with E-state index in [4.69, 9.17) is 0 Å². The summed E-state index contributed by atoms with van der Waals surface area (Å²) < 4.78 is 0. The largest absolute Gasteiger partial charge is 0.351 e. The molecule has 0 unspecified atom stereocenters. The van der Waals surface area contributed by atoms with Crippen LogP contribution in [0.25, 0.3) is 0 Å². The Morgan fingerprint density at radius 2 is 2.08 bits per heavy atom. The summed E-state index contributed by atoms with van der Waals surface area (Å²) >= 11 is 0. The first kappa shape index (κ1) is 16.8. The zero-order chi connectivity index (χ0) is 17.6. The van der Waals surface area contributed by atoms with E-state index in [0.717, 1.165) is 12.8 Å². The molecule has 1 heterocycles. The van der Waals surface area contributed by atoms with Crippen LogP contribution >= 0.6 is 0 Å². The molecule has 0 spiro atoms. The molecule has 1 fully saturated rings. The second kappa shape index (κ2) is 7.69. The third-order valence-corrected chi connectivity index (χ3v) is 3.89. The molecule has 3 rings (SSSR count). The van der Waals surface area contributed by atoms with Crippen LogP contribution in [0.1, 0.15) is 35.1 Å². The zero-order valence-corrected chi connectivity index (χ0v) is 13.8. The molecule has 0 saturated heterocycles. The summed E-state index contributed by atoms with van der Waals surface area (Å²) in [4.78, 5) is 25.3. The Morgan fingerprint density at radius 3 is 2.76 bits per heavy atom. The Bertz CT molecular complexity index is 754. The molecule has 1 aromatic heterocycles. The molecule has 2 aromatic rings. The Kier molecular flexibility index (Phi) is 5.17. The number of rotatable bonds is 8. The van der Waals surface area contributed by atoms with Crippen LogP contribution in [0.4, 0.5) is 0 Å². The van der Waals surface area contributed by atoms with Crippen molar-refractivity contribution in [3.05, 3.63) is 54.4 Å². The van der Waals surface area contributed by atoms with Crippen molar-refractivity contribution in [2.75, 3.05) is 6.54 Å². The van der Waals surface area contributed by atoms with Crippen LogP contribution in [0, 0.1) is 5.92 Å². The average molecular weight is 340 g/mol. The van der Waals surface area contributed by atoms with Gasteiger partial charge in [-0.15, -0.1) is 16.8 Å². The van der Waals surface area contributed by atoms with Crippen molar-refractivity contribution in [2.45, 2.75) is 25.4 Å². The van der Waals surface area contributed by atoms with E-state index in [1.807, 2.05) is 18.2 Å². The van der Waals surface area contributed by atoms with E-state index in [-0.39, 0.29) is 24.4 Å². The van der Waals surface area contributed by atoms with Crippen molar-refractivity contribution >= 4 is 11.8 Å². The number of hydrogen-bond acceptors (Lipinski definition) is 5. The van der Waals surface area contributed by atoms with Gasteiger partial charge < -0.3 is 10.6 Å². The summed E-state index contributed by atoms with van der Waals surface area (Å²) in [6.07, 6.45) is 3.61. The minimum atomic E-state index is -0.294. The lowest BCUT2D eigenvalue weighted by atomic mass is 10.1. The number of tetrazole rings is 1. The Morgan fingerprint density at radius 1 is 1.32 bits per heavy atom. The molecule has 130 valence electrons. The van der Waals surface area contributed by atoms with Gasteiger partial charge in [0, 0.05) is 12.1 Å². The maximum absolute atomic E-state index is 12.4. The third-order valence-electron chi connectivity index (χ3n) is 3.89. The standard InChI is InChI=1S/C17H20N6O2/c1-2-10-18-14(24)11-23-21-16(20-22-23)15(12-8-9-12)19-17(25)13-6-4-3-5-7-13/h2-7,12,15H,1,8-11H2,(H,18,24)(H,19,25)/t15-/m0/s1. The van der Waals surface area contributed by atoms with Crippen LogP contribution in [-0.4, -0.2) is 38.6 Å². The number of amides is 2. The van der Waals surface area contributed by atoms with Crippen LogP contribution in [0.15, 0.2) is 43.0 Å². The van der Waals surface area contributed by atoms with Crippen molar-refractivity contribution in [1.29, 1.82) is 0 Å². The molecule has 0 bridgehead atoms. The van der Waals surface area contributed by atoms with Crippen LogP contribution in [0.5, 0.6) is 0 Å². The van der Waals surface area contributed by atoms with Crippen molar-refractivity contribution in [1.82, 2.24) is 30.8 Å². The summed E-state index contributed by atoms with van der Waals surface area (Å²) in [6.45, 7) is 3.90. The molecule has 2 N–H and O–H groups in total. The number of benzene rings is 1. The fourth-order valence-electron chi connectivity index (χ4n) is 2.45. The number of nitrogens with zero attached hydrogens (tertiary/aromatic N) is 4. The zero-order valence-electron chi connectivity index (χ0n) is 13.8. The van der Waals surface area contributed by atoms with Crippen LogP contribution in [-0.2, 0) is 11.3 Å². The van der Waals surface area contributed by atoms with E-state index in [1.165, 1.54) is 4.80 Å². The lowest BCUT2D eigenvalue weighted by Crippen LogP contribution is -2.31. The molecule has 0 aliphatic heterocycles. The van der Waals surface area contributed by atoms with Gasteiger partial charge >= 0.3 is 0 Å². The van der Waals surface area contributed by atoms with E-state index in [9.17, 15) is 9.59 Å². The van der Waals surface area contributed by atoms with Gasteiger partial charge in [0.05, 0.1) is 6.04 Å². The smallest absolute Gasteiger partial charge is 0.251 e. The number of hydrogen-bond donors (Lipinski definition) is 2. The molecule has 1 aromatic carbocycles. The predicted molar refractivity (Wildman–Crippen MR) is 90.4 cm³/mol. The van der Waals surface area contributed by atoms with Gasteiger partial charge in [-0.3, -0.25) is 9.59 Å².